The van der Waals surface area contributed by atoms with Gasteiger partial charge in [0.25, 0.3) is 5.91 Å². The summed E-state index contributed by atoms with van der Waals surface area (Å²) >= 11 is 3.10. The van der Waals surface area contributed by atoms with E-state index in [2.05, 4.69) is 17.2 Å². The van der Waals surface area contributed by atoms with E-state index in [1.54, 1.807) is 17.1 Å². The zero-order chi connectivity index (χ0) is 13.7. The minimum atomic E-state index is -0.194. The van der Waals surface area contributed by atoms with Crippen LogP contribution in [0.1, 0.15) is 22.4 Å². The number of nitrogens with two attached hydrogens (primary N) is 1. The maximum absolute atomic E-state index is 12.1. The summed E-state index contributed by atoms with van der Waals surface area (Å²) < 4.78 is 0. The Morgan fingerprint density at radius 2 is 2.26 bits per heavy atom. The van der Waals surface area contributed by atoms with Gasteiger partial charge >= 0.3 is 0 Å². The Bertz CT molecular complexity index is 569. The first-order chi connectivity index (χ1) is 9.24. The minimum Gasteiger partial charge on any atom is -0.325 e. The lowest BCUT2D eigenvalue weighted by atomic mass is 10.3. The van der Waals surface area contributed by atoms with E-state index in [-0.39, 0.29) is 5.91 Å². The molecule has 0 bridgehead atoms. The van der Waals surface area contributed by atoms with Crippen LogP contribution in [0.2, 0.25) is 0 Å². The van der Waals surface area contributed by atoms with Crippen LogP contribution in [0.5, 0.6) is 0 Å². The van der Waals surface area contributed by atoms with E-state index in [9.17, 15) is 4.79 Å². The monoisotopic (exact) mass is 293 g/mol. The Labute approximate surface area is 120 Å². The van der Waals surface area contributed by atoms with Crippen molar-refractivity contribution in [2.45, 2.75) is 18.4 Å². The summed E-state index contributed by atoms with van der Waals surface area (Å²) in [4.78, 5) is 17.3. The molecule has 0 atom stereocenters. The van der Waals surface area contributed by atoms with Crippen LogP contribution in [0.4, 0.5) is 5.69 Å². The lowest BCUT2D eigenvalue weighted by Gasteiger charge is -2.08. The maximum Gasteiger partial charge on any atom is 0.275 e. The molecule has 0 aliphatic heterocycles. The van der Waals surface area contributed by atoms with Crippen LogP contribution in [-0.2, 0) is 6.54 Å². The number of nitrogens with zero attached hydrogens (tertiary/aromatic N) is 1. The van der Waals surface area contributed by atoms with Gasteiger partial charge in [-0.25, -0.2) is 4.98 Å². The smallest absolute Gasteiger partial charge is 0.275 e. The summed E-state index contributed by atoms with van der Waals surface area (Å²) in [6, 6.07) is 7.76. The number of thioether (sulfide) groups is 1. The molecule has 0 aliphatic carbocycles. The van der Waals surface area contributed by atoms with Gasteiger partial charge in [0, 0.05) is 16.8 Å². The van der Waals surface area contributed by atoms with Gasteiger partial charge in [0.05, 0.1) is 5.69 Å². The Morgan fingerprint density at radius 3 is 2.95 bits per heavy atom. The fourth-order valence-corrected chi connectivity index (χ4v) is 2.96. The maximum atomic E-state index is 12.1. The largest absolute Gasteiger partial charge is 0.325 e. The third-order valence-corrected chi connectivity index (χ3v) is 4.22. The quantitative estimate of drug-likeness (QED) is 0.832. The van der Waals surface area contributed by atoms with Gasteiger partial charge in [-0.1, -0.05) is 19.1 Å². The second-order valence-electron chi connectivity index (χ2n) is 3.71. The number of rotatable bonds is 5. The van der Waals surface area contributed by atoms with E-state index in [4.69, 9.17) is 5.73 Å². The highest BCUT2D eigenvalue weighted by Crippen LogP contribution is 2.27. The van der Waals surface area contributed by atoms with Crippen LogP contribution in [0.15, 0.2) is 34.5 Å². The van der Waals surface area contributed by atoms with E-state index < -0.39 is 0 Å². The highest BCUT2D eigenvalue weighted by Gasteiger charge is 2.12. The molecule has 100 valence electrons. The molecule has 0 radical (unpaired) electrons. The number of carbonyl (C=O) groups is 1. The van der Waals surface area contributed by atoms with Crippen LogP contribution in [0.25, 0.3) is 0 Å². The van der Waals surface area contributed by atoms with Crippen LogP contribution in [-0.4, -0.2) is 16.6 Å². The van der Waals surface area contributed by atoms with Crippen molar-refractivity contribution in [2.24, 2.45) is 5.73 Å². The average Bonchev–Trinajstić information content (AvgIpc) is 2.90. The van der Waals surface area contributed by atoms with Crippen molar-refractivity contribution < 1.29 is 4.79 Å². The Hall–Kier alpha value is -1.37. The van der Waals surface area contributed by atoms with Gasteiger partial charge in [-0.05, 0) is 17.9 Å². The highest BCUT2D eigenvalue weighted by molar-refractivity contribution is 7.99. The molecule has 1 heterocycles. The van der Waals surface area contributed by atoms with E-state index >= 15 is 0 Å². The average molecular weight is 293 g/mol. The van der Waals surface area contributed by atoms with Crippen molar-refractivity contribution in [3.63, 3.8) is 0 Å². The molecular formula is C13H15N3OS2. The summed E-state index contributed by atoms with van der Waals surface area (Å²) in [6.07, 6.45) is 0. The van der Waals surface area contributed by atoms with Crippen LogP contribution in [0, 0.1) is 0 Å². The van der Waals surface area contributed by atoms with Crippen molar-refractivity contribution in [3.8, 4) is 0 Å². The van der Waals surface area contributed by atoms with Gasteiger partial charge in [0.15, 0.2) is 0 Å². The van der Waals surface area contributed by atoms with Crippen molar-refractivity contribution in [1.82, 2.24) is 4.98 Å². The molecule has 6 heteroatoms. The first-order valence-electron chi connectivity index (χ1n) is 5.92. The van der Waals surface area contributed by atoms with E-state index in [0.29, 0.717) is 12.2 Å². The molecule has 1 aromatic carbocycles. The second kappa shape index (κ2) is 6.70. The zero-order valence-corrected chi connectivity index (χ0v) is 12.2. The summed E-state index contributed by atoms with van der Waals surface area (Å²) in [5, 5.41) is 5.39. The Balaban J connectivity index is 2.14. The molecule has 0 saturated heterocycles. The van der Waals surface area contributed by atoms with Crippen LogP contribution in [0.3, 0.4) is 0 Å². The van der Waals surface area contributed by atoms with Crippen molar-refractivity contribution in [3.05, 3.63) is 40.3 Å². The van der Waals surface area contributed by atoms with Crippen molar-refractivity contribution >= 4 is 34.7 Å². The SMILES string of the molecule is CCSc1ccccc1NC(=O)c1csc(CN)n1. The number of hydrogen-bond donors (Lipinski definition) is 2. The molecule has 1 amide bonds. The second-order valence-corrected chi connectivity index (χ2v) is 5.96. The normalized spacial score (nSPS) is 10.4. The molecule has 0 saturated carbocycles. The minimum absolute atomic E-state index is 0.194. The van der Waals surface area contributed by atoms with E-state index in [1.807, 2.05) is 24.3 Å². The number of anilines is 1. The molecule has 0 unspecified atom stereocenters. The van der Waals surface area contributed by atoms with E-state index in [0.717, 1.165) is 21.3 Å². The zero-order valence-electron chi connectivity index (χ0n) is 10.6. The van der Waals surface area contributed by atoms with Crippen LogP contribution >= 0.6 is 23.1 Å². The van der Waals surface area contributed by atoms with Crippen molar-refractivity contribution in [1.29, 1.82) is 0 Å². The summed E-state index contributed by atoms with van der Waals surface area (Å²) in [5.41, 5.74) is 6.73. The van der Waals surface area contributed by atoms with Gasteiger partial charge in [0.2, 0.25) is 0 Å². The summed E-state index contributed by atoms with van der Waals surface area (Å²) in [6.45, 7) is 2.44. The topological polar surface area (TPSA) is 68.0 Å². The van der Waals surface area contributed by atoms with Crippen molar-refractivity contribution in [2.75, 3.05) is 11.1 Å². The standard InChI is InChI=1S/C13H15N3OS2/c1-2-18-11-6-4-3-5-9(11)16-13(17)10-8-19-12(7-14)15-10/h3-6,8H,2,7,14H2,1H3,(H,16,17). The third-order valence-electron chi connectivity index (χ3n) is 2.39. The third kappa shape index (κ3) is 3.56. The van der Waals surface area contributed by atoms with Gasteiger partial charge in [-0.3, -0.25) is 4.79 Å². The summed E-state index contributed by atoms with van der Waals surface area (Å²) in [7, 11) is 0. The predicted octanol–water partition coefficient (Wildman–Crippen LogP) is 2.97. The number of carbonyl (C=O) groups excluding carboxylic acids is 1. The molecule has 0 aliphatic rings. The lowest BCUT2D eigenvalue weighted by molar-refractivity contribution is 0.102. The summed E-state index contributed by atoms with van der Waals surface area (Å²) in [5.74, 6) is 0.765. The fourth-order valence-electron chi connectivity index (χ4n) is 1.55. The molecular weight excluding hydrogens is 278 g/mol. The molecule has 2 rings (SSSR count). The molecule has 0 fully saturated rings. The number of nitrogens with one attached hydrogen (secondary N) is 1. The Morgan fingerprint density at radius 1 is 1.47 bits per heavy atom. The number of thiazole rings is 1. The van der Waals surface area contributed by atoms with Gasteiger partial charge in [0.1, 0.15) is 10.7 Å². The molecule has 19 heavy (non-hydrogen) atoms. The molecule has 4 nitrogen and oxygen atoms in total. The van der Waals surface area contributed by atoms with Gasteiger partial charge < -0.3 is 11.1 Å². The number of amides is 1. The number of hydrogen-bond acceptors (Lipinski definition) is 5. The first kappa shape index (κ1) is 14.0. The van der Waals surface area contributed by atoms with Gasteiger partial charge in [-0.15, -0.1) is 23.1 Å². The molecule has 0 spiro atoms. The predicted molar refractivity (Wildman–Crippen MR) is 80.8 cm³/mol. The number of benzene rings is 1. The molecule has 2 aromatic rings. The fraction of sp³-hybridized carbons (Fsp3) is 0.231. The molecule has 1 aromatic heterocycles. The molecule has 3 N–H and O–H groups in total. The Kier molecular flexibility index (Phi) is 4.95. The van der Waals surface area contributed by atoms with E-state index in [1.165, 1.54) is 11.3 Å². The van der Waals surface area contributed by atoms with Gasteiger partial charge in [-0.2, -0.15) is 0 Å². The number of aromatic nitrogens is 1. The first-order valence-corrected chi connectivity index (χ1v) is 7.78. The van der Waals surface area contributed by atoms with Crippen LogP contribution < -0.4 is 11.1 Å². The highest BCUT2D eigenvalue weighted by atomic mass is 32.2. The lowest BCUT2D eigenvalue weighted by Crippen LogP contribution is -2.13. The number of para-hydroxylation sites is 1.